The third kappa shape index (κ3) is 3.75. The van der Waals surface area contributed by atoms with Gasteiger partial charge in [-0.05, 0) is 43.2 Å². The first-order valence-corrected chi connectivity index (χ1v) is 13.0. The van der Waals surface area contributed by atoms with Crippen LogP contribution >= 0.6 is 0 Å². The first kappa shape index (κ1) is 22.0. The number of amides is 1. The Bertz CT molecular complexity index is 1620. The molecule has 1 saturated heterocycles. The van der Waals surface area contributed by atoms with Crippen molar-refractivity contribution >= 4 is 33.5 Å². The summed E-state index contributed by atoms with van der Waals surface area (Å²) < 4.78 is 8.32. The fourth-order valence-corrected chi connectivity index (χ4v) is 5.68. The molecule has 0 spiro atoms. The van der Waals surface area contributed by atoms with Crippen molar-refractivity contribution < 1.29 is 9.21 Å². The molecule has 5 aromatic rings. The molecular formula is C29H28N6O2. The summed E-state index contributed by atoms with van der Waals surface area (Å²) in [6, 6.07) is 10.4. The standard InChI is InChI=1S/C29H28N6O2/c30-28-27-24(13-26(37-27)23-6-2-5-19-14-31-10-7-22(19)23)25(16-32-28)20-15-33-35(17-20)21-8-11-34(12-9-21)29(36)18-3-1-4-18/h2,5-7,10,13-18,21H,1,3-4,8-9,11-12H2,(H2,30,32). The lowest BCUT2D eigenvalue weighted by Gasteiger charge is -2.36. The third-order valence-electron chi connectivity index (χ3n) is 8.05. The summed E-state index contributed by atoms with van der Waals surface area (Å²) in [5.74, 6) is 1.71. The molecule has 186 valence electrons. The van der Waals surface area contributed by atoms with Crippen molar-refractivity contribution in [2.75, 3.05) is 18.8 Å². The fraction of sp³-hybridized carbons (Fsp3) is 0.310. The highest BCUT2D eigenvalue weighted by Gasteiger charge is 2.32. The minimum Gasteiger partial charge on any atom is -0.452 e. The van der Waals surface area contributed by atoms with Crippen LogP contribution in [-0.2, 0) is 4.79 Å². The lowest BCUT2D eigenvalue weighted by Crippen LogP contribution is -2.43. The number of piperidine rings is 1. The molecule has 37 heavy (non-hydrogen) atoms. The van der Waals surface area contributed by atoms with Crippen molar-refractivity contribution in [3.8, 4) is 22.5 Å². The van der Waals surface area contributed by atoms with E-state index in [1.165, 1.54) is 6.42 Å². The summed E-state index contributed by atoms with van der Waals surface area (Å²) in [6.45, 7) is 1.60. The van der Waals surface area contributed by atoms with Crippen molar-refractivity contribution in [3.63, 3.8) is 0 Å². The van der Waals surface area contributed by atoms with E-state index in [9.17, 15) is 4.79 Å². The SMILES string of the molecule is Nc1ncc(-c2cnn(C3CCN(C(=O)C4CCC4)CC3)c2)c2cc(-c3cccc4cnccc34)oc12. The maximum absolute atomic E-state index is 12.6. The molecule has 2 aliphatic rings. The highest BCUT2D eigenvalue weighted by molar-refractivity contribution is 6.03. The number of rotatable bonds is 4. The van der Waals surface area contributed by atoms with Crippen LogP contribution in [0.5, 0.6) is 0 Å². The Morgan fingerprint density at radius 3 is 2.68 bits per heavy atom. The molecule has 8 nitrogen and oxygen atoms in total. The van der Waals surface area contributed by atoms with Gasteiger partial charge >= 0.3 is 0 Å². The van der Waals surface area contributed by atoms with Crippen LogP contribution in [0.25, 0.3) is 44.2 Å². The molecule has 1 amide bonds. The van der Waals surface area contributed by atoms with E-state index < -0.39 is 0 Å². The zero-order valence-electron chi connectivity index (χ0n) is 20.5. The number of benzene rings is 1. The molecular weight excluding hydrogens is 464 g/mol. The number of nitrogen functional groups attached to an aromatic ring is 1. The molecule has 1 aliphatic carbocycles. The zero-order valence-corrected chi connectivity index (χ0v) is 20.5. The Morgan fingerprint density at radius 1 is 1.00 bits per heavy atom. The lowest BCUT2D eigenvalue weighted by atomic mass is 9.84. The summed E-state index contributed by atoms with van der Waals surface area (Å²) in [5, 5.41) is 7.73. The maximum Gasteiger partial charge on any atom is 0.225 e. The number of likely N-dealkylation sites (tertiary alicyclic amines) is 1. The quantitative estimate of drug-likeness (QED) is 0.358. The van der Waals surface area contributed by atoms with Crippen LogP contribution < -0.4 is 5.73 Å². The van der Waals surface area contributed by atoms with Crippen LogP contribution in [-0.4, -0.2) is 43.6 Å². The number of carbonyl (C=O) groups is 1. The summed E-state index contributed by atoms with van der Waals surface area (Å²) in [4.78, 5) is 23.3. The number of aromatic nitrogens is 4. The van der Waals surface area contributed by atoms with E-state index in [0.717, 1.165) is 77.4 Å². The number of hydrogen-bond acceptors (Lipinski definition) is 6. The Morgan fingerprint density at radius 2 is 1.86 bits per heavy atom. The van der Waals surface area contributed by atoms with Crippen molar-refractivity contribution in [2.45, 2.75) is 38.1 Å². The zero-order chi connectivity index (χ0) is 24.9. The smallest absolute Gasteiger partial charge is 0.225 e. The summed E-state index contributed by atoms with van der Waals surface area (Å²) in [6.07, 6.45) is 14.5. The second-order valence-corrected chi connectivity index (χ2v) is 10.2. The van der Waals surface area contributed by atoms with Gasteiger partial charge in [-0.25, -0.2) is 4.98 Å². The number of nitrogens with two attached hydrogens (primary N) is 1. The van der Waals surface area contributed by atoms with E-state index in [4.69, 9.17) is 15.2 Å². The molecule has 5 heterocycles. The molecule has 1 aliphatic heterocycles. The second kappa shape index (κ2) is 8.73. The van der Waals surface area contributed by atoms with E-state index >= 15 is 0 Å². The van der Waals surface area contributed by atoms with Gasteiger partial charge in [-0.3, -0.25) is 14.5 Å². The van der Waals surface area contributed by atoms with Gasteiger partial charge in [0.05, 0.1) is 12.2 Å². The average Bonchev–Trinajstić information content (AvgIpc) is 3.57. The van der Waals surface area contributed by atoms with Crippen LogP contribution in [0.2, 0.25) is 0 Å². The third-order valence-corrected chi connectivity index (χ3v) is 8.05. The fourth-order valence-electron chi connectivity index (χ4n) is 5.68. The predicted octanol–water partition coefficient (Wildman–Crippen LogP) is 5.45. The van der Waals surface area contributed by atoms with Crippen LogP contribution in [0.4, 0.5) is 5.82 Å². The van der Waals surface area contributed by atoms with Gasteiger partial charge in [0.25, 0.3) is 0 Å². The number of anilines is 1. The molecule has 8 heteroatoms. The normalized spacial score (nSPS) is 16.9. The maximum atomic E-state index is 12.6. The highest BCUT2D eigenvalue weighted by atomic mass is 16.3. The van der Waals surface area contributed by atoms with Crippen LogP contribution in [0.1, 0.15) is 38.1 Å². The van der Waals surface area contributed by atoms with Gasteiger partial charge < -0.3 is 15.1 Å². The van der Waals surface area contributed by atoms with Gasteiger partial charge in [0.2, 0.25) is 5.91 Å². The van der Waals surface area contributed by atoms with Gasteiger partial charge in [0, 0.05) is 71.3 Å². The summed E-state index contributed by atoms with van der Waals surface area (Å²) in [7, 11) is 0. The van der Waals surface area contributed by atoms with Gasteiger partial charge in [-0.1, -0.05) is 24.6 Å². The lowest BCUT2D eigenvalue weighted by molar-refractivity contribution is -0.139. The van der Waals surface area contributed by atoms with E-state index in [1.807, 2.05) is 47.4 Å². The van der Waals surface area contributed by atoms with Crippen LogP contribution in [0.15, 0.2) is 65.7 Å². The molecule has 2 fully saturated rings. The van der Waals surface area contributed by atoms with Gasteiger partial charge in [0.15, 0.2) is 11.4 Å². The van der Waals surface area contributed by atoms with Crippen molar-refractivity contribution in [1.29, 1.82) is 0 Å². The predicted molar refractivity (Wildman–Crippen MR) is 143 cm³/mol. The monoisotopic (exact) mass is 492 g/mol. The molecule has 0 bridgehead atoms. The van der Waals surface area contributed by atoms with Gasteiger partial charge in [-0.2, -0.15) is 5.10 Å². The molecule has 1 aromatic carbocycles. The summed E-state index contributed by atoms with van der Waals surface area (Å²) in [5.41, 5.74) is 9.71. The van der Waals surface area contributed by atoms with Crippen molar-refractivity contribution in [2.24, 2.45) is 5.92 Å². The number of hydrogen-bond donors (Lipinski definition) is 1. The molecule has 0 atom stereocenters. The summed E-state index contributed by atoms with van der Waals surface area (Å²) >= 11 is 0. The van der Waals surface area contributed by atoms with Crippen LogP contribution in [0.3, 0.4) is 0 Å². The number of pyridine rings is 2. The molecule has 2 N–H and O–H groups in total. The van der Waals surface area contributed by atoms with Crippen molar-refractivity contribution in [3.05, 3.63) is 61.3 Å². The van der Waals surface area contributed by atoms with Crippen LogP contribution in [0, 0.1) is 5.92 Å². The molecule has 1 saturated carbocycles. The van der Waals surface area contributed by atoms with Crippen molar-refractivity contribution in [1.82, 2.24) is 24.6 Å². The molecule has 7 rings (SSSR count). The Kier molecular flexibility index (Phi) is 5.20. The molecule has 4 aromatic heterocycles. The average molecular weight is 493 g/mol. The van der Waals surface area contributed by atoms with Gasteiger partial charge in [0.1, 0.15) is 5.76 Å². The Hall–Kier alpha value is -4.20. The largest absolute Gasteiger partial charge is 0.452 e. The second-order valence-electron chi connectivity index (χ2n) is 10.2. The van der Waals surface area contributed by atoms with Gasteiger partial charge in [-0.15, -0.1) is 0 Å². The highest BCUT2D eigenvalue weighted by Crippen LogP contribution is 2.39. The number of furan rings is 1. The molecule has 0 unspecified atom stereocenters. The minimum atomic E-state index is 0.263. The number of fused-ring (bicyclic) bond motifs is 2. The topological polar surface area (TPSA) is 103 Å². The van der Waals surface area contributed by atoms with E-state index in [0.29, 0.717) is 17.3 Å². The first-order chi connectivity index (χ1) is 18.2. The first-order valence-electron chi connectivity index (χ1n) is 13.0. The van der Waals surface area contributed by atoms with E-state index in [2.05, 4.69) is 21.1 Å². The Balaban J connectivity index is 1.18. The molecule has 0 radical (unpaired) electrons. The number of nitrogens with zero attached hydrogens (tertiary/aromatic N) is 5. The van der Waals surface area contributed by atoms with E-state index in [-0.39, 0.29) is 12.0 Å². The Labute approximate surface area is 214 Å². The van der Waals surface area contributed by atoms with E-state index in [1.54, 1.807) is 12.4 Å². The minimum absolute atomic E-state index is 0.263. The number of carbonyl (C=O) groups excluding carboxylic acids is 1.